The van der Waals surface area contributed by atoms with Gasteiger partial charge in [-0.2, -0.15) is 0 Å². The maximum Gasteiger partial charge on any atom is 0.0947 e. The number of aliphatic hydroxyl groups excluding tert-OH is 1. The molecule has 2 rings (SSSR count). The Hall–Kier alpha value is -1.26. The van der Waals surface area contributed by atoms with Crippen LogP contribution in [0.2, 0.25) is 0 Å². The molecule has 0 aromatic heterocycles. The highest BCUT2D eigenvalue weighted by molar-refractivity contribution is 5.72. The molecule has 2 unspecified atom stereocenters. The number of hydrogen-bond acceptors (Lipinski definition) is 4. The Morgan fingerprint density at radius 2 is 2.29 bits per heavy atom. The third-order valence-corrected chi connectivity index (χ3v) is 3.10. The van der Waals surface area contributed by atoms with Gasteiger partial charge in [-0.25, -0.2) is 0 Å². The summed E-state index contributed by atoms with van der Waals surface area (Å²) in [4.78, 5) is 2.23. The Balaban J connectivity index is 2.15. The minimum absolute atomic E-state index is 0.372. The van der Waals surface area contributed by atoms with E-state index >= 15 is 0 Å². The maximum atomic E-state index is 9.86. The molecular formula is C13H20N2O2. The number of fused-ring (bicyclic) bond motifs is 1. The number of nitrogens with zero attached hydrogens (tertiary/aromatic N) is 1. The number of rotatable bonds is 4. The lowest BCUT2D eigenvalue weighted by Crippen LogP contribution is -2.46. The molecule has 4 heteroatoms. The number of para-hydroxylation sites is 2. The Morgan fingerprint density at radius 3 is 3.06 bits per heavy atom. The van der Waals surface area contributed by atoms with Gasteiger partial charge in [-0.1, -0.05) is 12.1 Å². The Kier molecular flexibility index (Phi) is 3.86. The molecular weight excluding hydrogens is 216 g/mol. The topological polar surface area (TPSA) is 44.7 Å². The first-order valence-electron chi connectivity index (χ1n) is 5.99. The van der Waals surface area contributed by atoms with Crippen molar-refractivity contribution in [3.05, 3.63) is 24.3 Å². The molecule has 1 aliphatic rings. The molecule has 0 radical (unpaired) electrons. The zero-order valence-corrected chi connectivity index (χ0v) is 10.4. The van der Waals surface area contributed by atoms with Crippen LogP contribution in [0.25, 0.3) is 0 Å². The van der Waals surface area contributed by atoms with Crippen molar-refractivity contribution < 1.29 is 9.84 Å². The van der Waals surface area contributed by atoms with Gasteiger partial charge in [0, 0.05) is 26.2 Å². The van der Waals surface area contributed by atoms with E-state index in [1.807, 2.05) is 12.1 Å². The minimum atomic E-state index is -0.450. The summed E-state index contributed by atoms with van der Waals surface area (Å²) in [7, 11) is 1.61. The van der Waals surface area contributed by atoms with Crippen LogP contribution < -0.4 is 10.2 Å². The van der Waals surface area contributed by atoms with Gasteiger partial charge in [0.15, 0.2) is 0 Å². The van der Waals surface area contributed by atoms with Crippen LogP contribution in [0.5, 0.6) is 0 Å². The highest BCUT2D eigenvalue weighted by Gasteiger charge is 2.24. The van der Waals surface area contributed by atoms with Crippen LogP contribution in [-0.4, -0.2) is 44.1 Å². The maximum absolute atomic E-state index is 9.86. The molecule has 1 heterocycles. The van der Waals surface area contributed by atoms with Crippen molar-refractivity contribution in [2.45, 2.75) is 19.1 Å². The number of benzene rings is 1. The fourth-order valence-corrected chi connectivity index (χ4v) is 2.23. The van der Waals surface area contributed by atoms with Crippen molar-refractivity contribution >= 4 is 11.4 Å². The predicted octanol–water partition coefficient (Wildman–Crippen LogP) is 1.31. The summed E-state index contributed by atoms with van der Waals surface area (Å²) in [6, 6.07) is 8.56. The molecule has 0 aliphatic carbocycles. The molecule has 0 amide bonds. The number of aliphatic hydroxyl groups is 1. The Labute approximate surface area is 102 Å². The van der Waals surface area contributed by atoms with Crippen LogP contribution in [-0.2, 0) is 4.74 Å². The van der Waals surface area contributed by atoms with Crippen LogP contribution in [0.1, 0.15) is 6.92 Å². The van der Waals surface area contributed by atoms with Gasteiger partial charge in [0.05, 0.1) is 24.1 Å². The Bertz CT molecular complexity index is 370. The van der Waals surface area contributed by atoms with E-state index in [1.165, 1.54) is 0 Å². The molecule has 1 aliphatic heterocycles. The van der Waals surface area contributed by atoms with E-state index in [2.05, 4.69) is 29.3 Å². The van der Waals surface area contributed by atoms with E-state index in [0.717, 1.165) is 17.9 Å². The number of methoxy groups -OCH3 is 1. The molecule has 1 aromatic carbocycles. The third-order valence-electron chi connectivity index (χ3n) is 3.10. The first-order valence-corrected chi connectivity index (χ1v) is 5.99. The molecule has 94 valence electrons. The van der Waals surface area contributed by atoms with Crippen LogP contribution in [0.4, 0.5) is 11.4 Å². The average Bonchev–Trinajstić information content (AvgIpc) is 2.33. The van der Waals surface area contributed by atoms with Crippen molar-refractivity contribution in [1.82, 2.24) is 0 Å². The number of nitrogens with one attached hydrogen (secondary N) is 1. The molecule has 2 atom stereocenters. The molecule has 0 fully saturated rings. The fraction of sp³-hybridized carbons (Fsp3) is 0.538. The van der Waals surface area contributed by atoms with Crippen molar-refractivity contribution in [2.24, 2.45) is 0 Å². The van der Waals surface area contributed by atoms with Crippen molar-refractivity contribution in [3.8, 4) is 0 Å². The quantitative estimate of drug-likeness (QED) is 0.827. The zero-order chi connectivity index (χ0) is 12.3. The summed E-state index contributed by atoms with van der Waals surface area (Å²) in [5, 5.41) is 13.3. The summed E-state index contributed by atoms with van der Waals surface area (Å²) in [5.74, 6) is 0. The number of anilines is 2. The lowest BCUT2D eigenvalue weighted by Gasteiger charge is -2.38. The van der Waals surface area contributed by atoms with Gasteiger partial charge >= 0.3 is 0 Å². The fourth-order valence-electron chi connectivity index (χ4n) is 2.23. The van der Waals surface area contributed by atoms with E-state index in [4.69, 9.17) is 4.74 Å². The highest BCUT2D eigenvalue weighted by Crippen LogP contribution is 2.30. The van der Waals surface area contributed by atoms with Gasteiger partial charge in [-0.05, 0) is 19.1 Å². The number of hydrogen-bond donors (Lipinski definition) is 2. The third kappa shape index (κ3) is 2.70. The highest BCUT2D eigenvalue weighted by atomic mass is 16.5. The number of ether oxygens (including phenoxy) is 1. The van der Waals surface area contributed by atoms with E-state index in [0.29, 0.717) is 19.2 Å². The summed E-state index contributed by atoms with van der Waals surface area (Å²) in [6.07, 6.45) is -0.450. The van der Waals surface area contributed by atoms with Gasteiger partial charge in [-0.3, -0.25) is 0 Å². The van der Waals surface area contributed by atoms with E-state index in [1.54, 1.807) is 7.11 Å². The van der Waals surface area contributed by atoms with Gasteiger partial charge in [0.25, 0.3) is 0 Å². The lowest BCUT2D eigenvalue weighted by molar-refractivity contribution is 0.0678. The predicted molar refractivity (Wildman–Crippen MR) is 69.6 cm³/mol. The van der Waals surface area contributed by atoms with Gasteiger partial charge in [-0.15, -0.1) is 0 Å². The smallest absolute Gasteiger partial charge is 0.0947 e. The van der Waals surface area contributed by atoms with Crippen molar-refractivity contribution in [2.75, 3.05) is 37.0 Å². The van der Waals surface area contributed by atoms with Gasteiger partial charge in [0.2, 0.25) is 0 Å². The van der Waals surface area contributed by atoms with Crippen LogP contribution in [0.15, 0.2) is 24.3 Å². The zero-order valence-electron chi connectivity index (χ0n) is 10.4. The van der Waals surface area contributed by atoms with E-state index in [9.17, 15) is 5.11 Å². The van der Waals surface area contributed by atoms with Gasteiger partial charge in [0.1, 0.15) is 0 Å². The van der Waals surface area contributed by atoms with Gasteiger partial charge < -0.3 is 20.1 Å². The molecule has 1 aromatic rings. The monoisotopic (exact) mass is 236 g/mol. The molecule has 4 nitrogen and oxygen atoms in total. The normalized spacial score (nSPS) is 20.6. The van der Waals surface area contributed by atoms with Crippen LogP contribution in [0.3, 0.4) is 0 Å². The first-order chi connectivity index (χ1) is 8.22. The summed E-state index contributed by atoms with van der Waals surface area (Å²) in [5.41, 5.74) is 2.29. The SMILES string of the molecule is COCC(O)CN1c2ccccc2NCC1C. The molecule has 17 heavy (non-hydrogen) atoms. The molecule has 0 saturated heterocycles. The van der Waals surface area contributed by atoms with E-state index in [-0.39, 0.29) is 0 Å². The summed E-state index contributed by atoms with van der Waals surface area (Å²) in [6.45, 7) is 4.03. The van der Waals surface area contributed by atoms with Crippen LogP contribution >= 0.6 is 0 Å². The molecule has 0 saturated carbocycles. The second-order valence-corrected chi connectivity index (χ2v) is 4.51. The second-order valence-electron chi connectivity index (χ2n) is 4.51. The Morgan fingerprint density at radius 1 is 1.53 bits per heavy atom. The number of β-amino-alcohol motifs (C(OH)–C–C–N with tert-alkyl or cyclic N) is 1. The standard InChI is InChI=1S/C13H20N2O2/c1-10-7-14-12-5-3-4-6-13(12)15(10)8-11(16)9-17-2/h3-6,10-11,14,16H,7-9H2,1-2H3. The average molecular weight is 236 g/mol. The molecule has 0 spiro atoms. The van der Waals surface area contributed by atoms with Crippen molar-refractivity contribution in [3.63, 3.8) is 0 Å². The lowest BCUT2D eigenvalue weighted by atomic mass is 10.1. The van der Waals surface area contributed by atoms with E-state index < -0.39 is 6.10 Å². The minimum Gasteiger partial charge on any atom is -0.389 e. The summed E-state index contributed by atoms with van der Waals surface area (Å²) < 4.78 is 4.98. The molecule has 0 bridgehead atoms. The second kappa shape index (κ2) is 5.38. The largest absolute Gasteiger partial charge is 0.389 e. The van der Waals surface area contributed by atoms with Crippen molar-refractivity contribution in [1.29, 1.82) is 0 Å². The van der Waals surface area contributed by atoms with Crippen LogP contribution in [0, 0.1) is 0 Å². The first kappa shape index (κ1) is 12.2. The summed E-state index contributed by atoms with van der Waals surface area (Å²) >= 11 is 0. The molecule has 2 N–H and O–H groups in total.